The van der Waals surface area contributed by atoms with E-state index in [4.69, 9.17) is 9.15 Å². The molecule has 1 heterocycles. The van der Waals surface area contributed by atoms with Crippen molar-refractivity contribution in [3.63, 3.8) is 0 Å². The zero-order chi connectivity index (χ0) is 14.8. The molecule has 0 aliphatic rings. The molecule has 0 saturated heterocycles. The summed E-state index contributed by atoms with van der Waals surface area (Å²) in [4.78, 5) is 24.2. The Bertz CT molecular complexity index is 863. The van der Waals surface area contributed by atoms with Gasteiger partial charge in [0.1, 0.15) is 11.3 Å². The van der Waals surface area contributed by atoms with Gasteiger partial charge in [0.25, 0.3) is 0 Å². The molecule has 2 aromatic carbocycles. The summed E-state index contributed by atoms with van der Waals surface area (Å²) in [6, 6.07) is 15.1. The Hall–Kier alpha value is -2.88. The van der Waals surface area contributed by atoms with Gasteiger partial charge in [-0.05, 0) is 12.1 Å². The second kappa shape index (κ2) is 5.25. The summed E-state index contributed by atoms with van der Waals surface area (Å²) < 4.78 is 10.2. The van der Waals surface area contributed by atoms with Crippen molar-refractivity contribution in [2.24, 2.45) is 0 Å². The van der Waals surface area contributed by atoms with Gasteiger partial charge in [0.2, 0.25) is 0 Å². The van der Waals surface area contributed by atoms with Crippen molar-refractivity contribution in [3.05, 3.63) is 76.1 Å². The molecule has 0 aliphatic carbocycles. The van der Waals surface area contributed by atoms with Crippen LogP contribution in [0.2, 0.25) is 0 Å². The molecule has 0 aliphatic heterocycles. The first-order valence-corrected chi connectivity index (χ1v) is 6.40. The summed E-state index contributed by atoms with van der Waals surface area (Å²) in [6.45, 7) is 0. The maximum absolute atomic E-state index is 12.6. The molecule has 0 spiro atoms. The molecule has 0 atom stereocenters. The zero-order valence-corrected chi connectivity index (χ0v) is 11.3. The van der Waals surface area contributed by atoms with E-state index in [0.717, 1.165) is 0 Å². The molecule has 0 N–H and O–H groups in total. The Morgan fingerprint density at radius 3 is 2.52 bits per heavy atom. The number of hydrogen-bond acceptors (Lipinski definition) is 4. The van der Waals surface area contributed by atoms with Crippen LogP contribution in [0.3, 0.4) is 0 Å². The molecule has 0 unspecified atom stereocenters. The van der Waals surface area contributed by atoms with Crippen LogP contribution in [-0.2, 0) is 0 Å². The monoisotopic (exact) mass is 280 g/mol. The average molecular weight is 280 g/mol. The summed E-state index contributed by atoms with van der Waals surface area (Å²) >= 11 is 0. The van der Waals surface area contributed by atoms with Crippen LogP contribution in [0.1, 0.15) is 15.9 Å². The first-order valence-electron chi connectivity index (χ1n) is 6.40. The topological polar surface area (TPSA) is 56.5 Å². The van der Waals surface area contributed by atoms with E-state index in [1.165, 1.54) is 13.2 Å². The van der Waals surface area contributed by atoms with E-state index in [2.05, 4.69) is 0 Å². The van der Waals surface area contributed by atoms with Gasteiger partial charge in [-0.3, -0.25) is 4.79 Å². The third-order valence-corrected chi connectivity index (χ3v) is 3.23. The highest BCUT2D eigenvalue weighted by Crippen LogP contribution is 2.24. The molecule has 4 nitrogen and oxygen atoms in total. The molecule has 104 valence electrons. The first kappa shape index (κ1) is 13.1. The van der Waals surface area contributed by atoms with Crippen LogP contribution in [0.5, 0.6) is 5.75 Å². The number of rotatable bonds is 3. The van der Waals surface area contributed by atoms with Crippen LogP contribution in [0.15, 0.2) is 63.8 Å². The molecular weight excluding hydrogens is 268 g/mol. The van der Waals surface area contributed by atoms with E-state index < -0.39 is 5.63 Å². The SMILES string of the molecule is COc1ccc2c(C(=O)c3ccccc3)cc(=O)oc2c1. The molecule has 3 rings (SSSR count). The fourth-order valence-electron chi connectivity index (χ4n) is 2.20. The summed E-state index contributed by atoms with van der Waals surface area (Å²) in [5.74, 6) is 0.355. The Balaban J connectivity index is 2.23. The molecule has 4 heteroatoms. The number of carbonyl (C=O) groups is 1. The average Bonchev–Trinajstić information content (AvgIpc) is 2.53. The lowest BCUT2D eigenvalue weighted by atomic mass is 10.0. The normalized spacial score (nSPS) is 10.5. The minimum Gasteiger partial charge on any atom is -0.497 e. The number of methoxy groups -OCH3 is 1. The van der Waals surface area contributed by atoms with Gasteiger partial charge in [-0.25, -0.2) is 4.79 Å². The predicted octanol–water partition coefficient (Wildman–Crippen LogP) is 3.03. The van der Waals surface area contributed by atoms with E-state index >= 15 is 0 Å². The molecule has 1 aromatic heterocycles. The van der Waals surface area contributed by atoms with E-state index in [1.807, 2.05) is 6.07 Å². The lowest BCUT2D eigenvalue weighted by molar-refractivity contribution is 0.103. The number of carbonyl (C=O) groups excluding carboxylic acids is 1. The predicted molar refractivity (Wildman–Crippen MR) is 78.9 cm³/mol. The zero-order valence-electron chi connectivity index (χ0n) is 11.3. The van der Waals surface area contributed by atoms with Crippen molar-refractivity contribution in [3.8, 4) is 5.75 Å². The van der Waals surface area contributed by atoms with Gasteiger partial charge >= 0.3 is 5.63 Å². The van der Waals surface area contributed by atoms with E-state index in [1.54, 1.807) is 42.5 Å². The summed E-state index contributed by atoms with van der Waals surface area (Å²) in [5, 5.41) is 0.587. The molecule has 0 bridgehead atoms. The van der Waals surface area contributed by atoms with Gasteiger partial charge in [-0.2, -0.15) is 0 Å². The summed E-state index contributed by atoms with van der Waals surface area (Å²) in [6.07, 6.45) is 0. The third kappa shape index (κ3) is 2.43. The van der Waals surface area contributed by atoms with Crippen LogP contribution >= 0.6 is 0 Å². The quantitative estimate of drug-likeness (QED) is 0.546. The molecule has 0 saturated carbocycles. The van der Waals surface area contributed by atoms with Crippen LogP contribution in [-0.4, -0.2) is 12.9 Å². The van der Waals surface area contributed by atoms with Gasteiger partial charge in [0.05, 0.1) is 7.11 Å². The van der Waals surface area contributed by atoms with Gasteiger partial charge < -0.3 is 9.15 Å². The fraction of sp³-hybridized carbons (Fsp3) is 0.0588. The largest absolute Gasteiger partial charge is 0.497 e. The van der Waals surface area contributed by atoms with Crippen LogP contribution < -0.4 is 10.4 Å². The first-order chi connectivity index (χ1) is 10.2. The Labute approximate surface area is 120 Å². The van der Waals surface area contributed by atoms with Crippen LogP contribution in [0.25, 0.3) is 11.0 Å². The highest BCUT2D eigenvalue weighted by atomic mass is 16.5. The molecule has 0 fully saturated rings. The van der Waals surface area contributed by atoms with Crippen LogP contribution in [0.4, 0.5) is 0 Å². The van der Waals surface area contributed by atoms with Crippen molar-refractivity contribution >= 4 is 16.8 Å². The van der Waals surface area contributed by atoms with E-state index in [9.17, 15) is 9.59 Å². The number of hydrogen-bond donors (Lipinski definition) is 0. The van der Waals surface area contributed by atoms with Gasteiger partial charge in [0.15, 0.2) is 5.78 Å². The molecular formula is C17H12O4. The van der Waals surface area contributed by atoms with Crippen molar-refractivity contribution in [1.82, 2.24) is 0 Å². The summed E-state index contributed by atoms with van der Waals surface area (Å²) in [5.41, 5.74) is 0.631. The minimum absolute atomic E-state index is 0.210. The molecule has 0 radical (unpaired) electrons. The Kier molecular flexibility index (Phi) is 3.28. The molecule has 0 amide bonds. The van der Waals surface area contributed by atoms with E-state index in [-0.39, 0.29) is 5.78 Å². The minimum atomic E-state index is -0.560. The smallest absolute Gasteiger partial charge is 0.336 e. The summed E-state index contributed by atoms with van der Waals surface area (Å²) in [7, 11) is 1.53. The standard InChI is InChI=1S/C17H12O4/c1-20-12-7-8-13-14(10-16(18)21-15(13)9-12)17(19)11-5-3-2-4-6-11/h2-10H,1H3. The molecule has 3 aromatic rings. The van der Waals surface area contributed by atoms with Crippen molar-refractivity contribution in [2.45, 2.75) is 0 Å². The highest BCUT2D eigenvalue weighted by molar-refractivity contribution is 6.15. The second-order valence-corrected chi connectivity index (χ2v) is 4.54. The number of ketones is 1. The Morgan fingerprint density at radius 1 is 1.05 bits per heavy atom. The van der Waals surface area contributed by atoms with Crippen molar-refractivity contribution in [2.75, 3.05) is 7.11 Å². The van der Waals surface area contributed by atoms with Crippen LogP contribution in [0, 0.1) is 0 Å². The lowest BCUT2D eigenvalue weighted by Gasteiger charge is -2.06. The Morgan fingerprint density at radius 2 is 1.81 bits per heavy atom. The lowest BCUT2D eigenvalue weighted by Crippen LogP contribution is -2.08. The third-order valence-electron chi connectivity index (χ3n) is 3.23. The van der Waals surface area contributed by atoms with Gasteiger partial charge in [0, 0.05) is 28.6 Å². The molecule has 21 heavy (non-hydrogen) atoms. The fourth-order valence-corrected chi connectivity index (χ4v) is 2.20. The van der Waals surface area contributed by atoms with Crippen molar-refractivity contribution < 1.29 is 13.9 Å². The second-order valence-electron chi connectivity index (χ2n) is 4.54. The maximum Gasteiger partial charge on any atom is 0.336 e. The van der Waals surface area contributed by atoms with E-state index in [0.29, 0.717) is 27.8 Å². The highest BCUT2D eigenvalue weighted by Gasteiger charge is 2.15. The number of ether oxygens (including phenoxy) is 1. The van der Waals surface area contributed by atoms with Gasteiger partial charge in [-0.15, -0.1) is 0 Å². The number of fused-ring (bicyclic) bond motifs is 1. The number of benzene rings is 2. The maximum atomic E-state index is 12.6. The van der Waals surface area contributed by atoms with Gasteiger partial charge in [-0.1, -0.05) is 30.3 Å². The van der Waals surface area contributed by atoms with Crippen molar-refractivity contribution in [1.29, 1.82) is 0 Å².